The van der Waals surface area contributed by atoms with E-state index in [1.807, 2.05) is 0 Å². The van der Waals surface area contributed by atoms with Gasteiger partial charge < -0.3 is 15.4 Å². The second-order valence-electron chi connectivity index (χ2n) is 4.00. The Labute approximate surface area is 117 Å². The van der Waals surface area contributed by atoms with E-state index in [1.54, 1.807) is 23.1 Å². The Kier molecular flexibility index (Phi) is 5.72. The maximum atomic E-state index is 12.2. The Hall–Kier alpha value is -0.970. The number of benzene rings is 1. The third kappa shape index (κ3) is 3.51. The van der Waals surface area contributed by atoms with E-state index in [2.05, 4.69) is 0 Å². The lowest BCUT2D eigenvalue weighted by Gasteiger charge is -2.20. The number of anilines is 1. The molecule has 2 N–H and O–H groups in total. The van der Waals surface area contributed by atoms with Gasteiger partial charge in [-0.15, -0.1) is 12.4 Å². The van der Waals surface area contributed by atoms with Gasteiger partial charge in [0, 0.05) is 25.4 Å². The molecule has 1 aromatic rings. The van der Waals surface area contributed by atoms with Gasteiger partial charge in [-0.3, -0.25) is 4.79 Å². The van der Waals surface area contributed by atoms with Crippen molar-refractivity contribution >= 4 is 35.6 Å². The zero-order valence-corrected chi connectivity index (χ0v) is 11.5. The molecule has 1 heterocycles. The molecule has 0 radical (unpaired) electrons. The van der Waals surface area contributed by atoms with Gasteiger partial charge in [0.15, 0.2) is 0 Å². The predicted octanol–water partition coefficient (Wildman–Crippen LogP) is 2.21. The van der Waals surface area contributed by atoms with Crippen LogP contribution < -0.4 is 5.73 Å². The van der Waals surface area contributed by atoms with Crippen molar-refractivity contribution in [1.82, 2.24) is 4.90 Å². The molecular weight excluding hydrogens is 275 g/mol. The minimum Gasteiger partial charge on any atom is -0.399 e. The minimum atomic E-state index is -0.0551. The largest absolute Gasteiger partial charge is 0.399 e. The molecule has 1 aliphatic heterocycles. The molecule has 0 saturated carbocycles. The molecule has 1 aromatic carbocycles. The Bertz CT molecular complexity index is 419. The van der Waals surface area contributed by atoms with E-state index in [4.69, 9.17) is 22.1 Å². The van der Waals surface area contributed by atoms with Crippen LogP contribution in [-0.2, 0) is 4.74 Å². The van der Waals surface area contributed by atoms with Gasteiger partial charge in [0.2, 0.25) is 0 Å². The van der Waals surface area contributed by atoms with E-state index in [9.17, 15) is 4.79 Å². The molecule has 0 bridgehead atoms. The first kappa shape index (κ1) is 15.1. The summed E-state index contributed by atoms with van der Waals surface area (Å²) in [5, 5.41) is 0.403. The first-order chi connectivity index (χ1) is 8.18. The minimum absolute atomic E-state index is 0. The Morgan fingerprint density at radius 2 is 2.11 bits per heavy atom. The molecule has 2 rings (SSSR count). The molecule has 0 atom stereocenters. The van der Waals surface area contributed by atoms with E-state index in [0.717, 1.165) is 6.42 Å². The maximum Gasteiger partial charge on any atom is 0.255 e. The number of ether oxygens (including phenoxy) is 1. The number of carbonyl (C=O) groups excluding carboxylic acids is 1. The summed E-state index contributed by atoms with van der Waals surface area (Å²) in [6, 6.07) is 4.96. The summed E-state index contributed by atoms with van der Waals surface area (Å²) in [6.45, 7) is 2.61. The molecule has 1 amide bonds. The lowest BCUT2D eigenvalue weighted by atomic mass is 10.1. The number of nitrogens with zero attached hydrogens (tertiary/aromatic N) is 1. The summed E-state index contributed by atoms with van der Waals surface area (Å²) in [5.41, 5.74) is 6.67. The van der Waals surface area contributed by atoms with Gasteiger partial charge in [0.05, 0.1) is 17.2 Å². The number of halogens is 2. The van der Waals surface area contributed by atoms with Crippen LogP contribution >= 0.6 is 24.0 Å². The number of hydrogen-bond acceptors (Lipinski definition) is 3. The molecule has 0 unspecified atom stereocenters. The number of rotatable bonds is 1. The summed E-state index contributed by atoms with van der Waals surface area (Å²) in [6.07, 6.45) is 0.859. The summed E-state index contributed by atoms with van der Waals surface area (Å²) in [4.78, 5) is 14.0. The molecular formula is C12H16Cl2N2O2. The molecule has 0 aliphatic carbocycles. The molecule has 100 valence electrons. The monoisotopic (exact) mass is 290 g/mol. The van der Waals surface area contributed by atoms with Crippen molar-refractivity contribution in [2.24, 2.45) is 0 Å². The second-order valence-corrected chi connectivity index (χ2v) is 4.40. The fraction of sp³-hybridized carbons (Fsp3) is 0.417. The third-order valence-electron chi connectivity index (χ3n) is 2.73. The van der Waals surface area contributed by atoms with Gasteiger partial charge in [-0.25, -0.2) is 0 Å². The van der Waals surface area contributed by atoms with Gasteiger partial charge in [-0.2, -0.15) is 0 Å². The second kappa shape index (κ2) is 6.83. The average Bonchev–Trinajstić information content (AvgIpc) is 2.56. The SMILES string of the molecule is Cl.Nc1ccc(C(=O)N2CCCOCC2)c(Cl)c1. The fourth-order valence-electron chi connectivity index (χ4n) is 1.82. The van der Waals surface area contributed by atoms with E-state index in [1.165, 1.54) is 0 Å². The predicted molar refractivity (Wildman–Crippen MR) is 74.5 cm³/mol. The summed E-state index contributed by atoms with van der Waals surface area (Å²) in [7, 11) is 0. The van der Waals surface area contributed by atoms with Crippen LogP contribution in [0.25, 0.3) is 0 Å². The maximum absolute atomic E-state index is 12.2. The van der Waals surface area contributed by atoms with Crippen LogP contribution in [0.15, 0.2) is 18.2 Å². The average molecular weight is 291 g/mol. The van der Waals surface area contributed by atoms with Crippen molar-refractivity contribution in [2.45, 2.75) is 6.42 Å². The van der Waals surface area contributed by atoms with Crippen LogP contribution in [0.3, 0.4) is 0 Å². The zero-order valence-electron chi connectivity index (χ0n) is 9.89. The van der Waals surface area contributed by atoms with Gasteiger partial charge in [-0.05, 0) is 24.6 Å². The van der Waals surface area contributed by atoms with Crippen molar-refractivity contribution in [3.8, 4) is 0 Å². The van der Waals surface area contributed by atoms with Gasteiger partial charge in [0.1, 0.15) is 0 Å². The lowest BCUT2D eigenvalue weighted by molar-refractivity contribution is 0.0741. The van der Waals surface area contributed by atoms with Crippen LogP contribution in [0, 0.1) is 0 Å². The van der Waals surface area contributed by atoms with E-state index >= 15 is 0 Å². The van der Waals surface area contributed by atoms with Gasteiger partial charge in [-0.1, -0.05) is 11.6 Å². The Morgan fingerprint density at radius 3 is 2.83 bits per heavy atom. The standard InChI is InChI=1S/C12H15ClN2O2.ClH/c13-11-8-9(14)2-3-10(11)12(16)15-4-1-6-17-7-5-15;/h2-3,8H,1,4-7,14H2;1H. The molecule has 18 heavy (non-hydrogen) atoms. The van der Waals surface area contributed by atoms with Gasteiger partial charge >= 0.3 is 0 Å². The third-order valence-corrected chi connectivity index (χ3v) is 3.05. The molecule has 1 aliphatic rings. The number of carbonyl (C=O) groups is 1. The Morgan fingerprint density at radius 1 is 1.33 bits per heavy atom. The van der Waals surface area contributed by atoms with Crippen molar-refractivity contribution in [2.75, 3.05) is 32.0 Å². The fourth-order valence-corrected chi connectivity index (χ4v) is 2.09. The van der Waals surface area contributed by atoms with E-state index < -0.39 is 0 Å². The highest BCUT2D eigenvalue weighted by Gasteiger charge is 2.19. The highest BCUT2D eigenvalue weighted by atomic mass is 35.5. The first-order valence-corrected chi connectivity index (χ1v) is 5.98. The highest BCUT2D eigenvalue weighted by molar-refractivity contribution is 6.34. The number of hydrogen-bond donors (Lipinski definition) is 1. The van der Waals surface area contributed by atoms with E-state index in [0.29, 0.717) is 42.6 Å². The number of amides is 1. The van der Waals surface area contributed by atoms with Crippen LogP contribution in [0.2, 0.25) is 5.02 Å². The summed E-state index contributed by atoms with van der Waals surface area (Å²) in [5.74, 6) is -0.0551. The molecule has 6 heteroatoms. The molecule has 1 saturated heterocycles. The summed E-state index contributed by atoms with van der Waals surface area (Å²) < 4.78 is 5.31. The van der Waals surface area contributed by atoms with Crippen molar-refractivity contribution in [3.63, 3.8) is 0 Å². The van der Waals surface area contributed by atoms with Crippen molar-refractivity contribution < 1.29 is 9.53 Å². The van der Waals surface area contributed by atoms with Crippen LogP contribution in [0.1, 0.15) is 16.8 Å². The number of nitrogens with two attached hydrogens (primary N) is 1. The zero-order chi connectivity index (χ0) is 12.3. The van der Waals surface area contributed by atoms with Crippen LogP contribution in [0.5, 0.6) is 0 Å². The van der Waals surface area contributed by atoms with Crippen LogP contribution in [0.4, 0.5) is 5.69 Å². The van der Waals surface area contributed by atoms with Crippen molar-refractivity contribution in [3.05, 3.63) is 28.8 Å². The summed E-state index contributed by atoms with van der Waals surface area (Å²) >= 11 is 6.03. The normalized spacial score (nSPS) is 15.7. The molecule has 0 aromatic heterocycles. The number of nitrogen functional groups attached to an aromatic ring is 1. The highest BCUT2D eigenvalue weighted by Crippen LogP contribution is 2.21. The quantitative estimate of drug-likeness (QED) is 0.807. The van der Waals surface area contributed by atoms with Crippen molar-refractivity contribution in [1.29, 1.82) is 0 Å². The molecule has 1 fully saturated rings. The first-order valence-electron chi connectivity index (χ1n) is 5.60. The lowest BCUT2D eigenvalue weighted by Crippen LogP contribution is -2.33. The van der Waals surface area contributed by atoms with E-state index in [-0.39, 0.29) is 18.3 Å². The van der Waals surface area contributed by atoms with Crippen LogP contribution in [-0.4, -0.2) is 37.1 Å². The smallest absolute Gasteiger partial charge is 0.255 e. The van der Waals surface area contributed by atoms with Gasteiger partial charge in [0.25, 0.3) is 5.91 Å². The molecule has 0 spiro atoms. The molecule has 4 nitrogen and oxygen atoms in total. The Balaban J connectivity index is 0.00000162. The topological polar surface area (TPSA) is 55.6 Å².